The minimum absolute atomic E-state index is 0.0138. The maximum absolute atomic E-state index is 12.0. The fourth-order valence-corrected chi connectivity index (χ4v) is 1.84. The van der Waals surface area contributed by atoms with Gasteiger partial charge in [0, 0.05) is 12.1 Å². The van der Waals surface area contributed by atoms with Gasteiger partial charge in [-0.25, -0.2) is 14.5 Å². The smallest absolute Gasteiger partial charge is 0.496 e. The van der Waals surface area contributed by atoms with Gasteiger partial charge in [-0.1, -0.05) is 19.8 Å². The van der Waals surface area contributed by atoms with Crippen molar-refractivity contribution in [1.29, 1.82) is 0 Å². The Hall–Kier alpha value is -2.68. The van der Waals surface area contributed by atoms with Gasteiger partial charge in [0.15, 0.2) is 11.5 Å². The first kappa shape index (κ1) is 20.4. The van der Waals surface area contributed by atoms with Gasteiger partial charge in [-0.3, -0.25) is 4.89 Å². The Morgan fingerprint density at radius 3 is 2.12 bits per heavy atom. The lowest BCUT2D eigenvalue weighted by molar-refractivity contribution is -0.452. The molecule has 0 bridgehead atoms. The Labute approximate surface area is 145 Å². The van der Waals surface area contributed by atoms with E-state index in [1.807, 2.05) is 6.92 Å². The van der Waals surface area contributed by atoms with E-state index in [-0.39, 0.29) is 23.7 Å². The van der Waals surface area contributed by atoms with Crippen LogP contribution < -0.4 is 14.2 Å². The Balaban J connectivity index is 2.58. The highest BCUT2D eigenvalue weighted by Gasteiger charge is 2.21. The van der Waals surface area contributed by atoms with E-state index in [9.17, 15) is 9.59 Å². The number of unbranched alkanes of at least 4 members (excludes halogenated alkanes) is 2. The molecule has 0 aromatic heterocycles. The molecule has 0 amide bonds. The zero-order valence-corrected chi connectivity index (χ0v) is 14.7. The van der Waals surface area contributed by atoms with Crippen molar-refractivity contribution in [3.63, 3.8) is 0 Å². The summed E-state index contributed by atoms with van der Waals surface area (Å²) in [6.07, 6.45) is 1.50. The van der Waals surface area contributed by atoms with Crippen LogP contribution in [0.5, 0.6) is 17.2 Å². The molecule has 0 unspecified atom stereocenters. The maximum atomic E-state index is 12.0. The number of hydrogen-bond donors (Lipinski definition) is 0. The summed E-state index contributed by atoms with van der Waals surface area (Å²) in [4.78, 5) is 31.8. The lowest BCUT2D eigenvalue weighted by Gasteiger charge is -2.12. The number of rotatable bonds is 10. The summed E-state index contributed by atoms with van der Waals surface area (Å²) < 4.78 is 20.0. The van der Waals surface area contributed by atoms with Crippen molar-refractivity contribution >= 4 is 12.1 Å². The second-order valence-electron chi connectivity index (χ2n) is 4.74. The van der Waals surface area contributed by atoms with Crippen LogP contribution in [0.2, 0.25) is 0 Å². The monoisotopic (exact) mass is 358 g/mol. The van der Waals surface area contributed by atoms with Crippen LogP contribution in [0.4, 0.5) is 4.79 Å². The molecule has 0 radical (unpaired) electrons. The van der Waals surface area contributed by atoms with Gasteiger partial charge in [0.05, 0.1) is 33.0 Å². The molecule has 140 valence electrons. The molecule has 0 aliphatic carbocycles. The predicted molar refractivity (Wildman–Crippen MR) is 84.6 cm³/mol. The van der Waals surface area contributed by atoms with E-state index in [0.717, 1.165) is 12.8 Å². The molecule has 25 heavy (non-hydrogen) atoms. The lowest BCUT2D eigenvalue weighted by atomic mass is 10.1. The second-order valence-corrected chi connectivity index (χ2v) is 4.74. The van der Waals surface area contributed by atoms with E-state index in [1.54, 1.807) is 0 Å². The highest BCUT2D eigenvalue weighted by Crippen LogP contribution is 2.34. The molecular weight excluding hydrogens is 336 g/mol. The average Bonchev–Trinajstić information content (AvgIpc) is 2.63. The van der Waals surface area contributed by atoms with Crippen molar-refractivity contribution in [1.82, 2.24) is 0 Å². The van der Waals surface area contributed by atoms with E-state index in [4.69, 9.17) is 18.9 Å². The molecule has 0 aliphatic heterocycles. The molecular formula is C16H22O9. The third-order valence-corrected chi connectivity index (χ3v) is 3.11. The molecule has 0 atom stereocenters. The second kappa shape index (κ2) is 11.0. The number of hydrogen-bond acceptors (Lipinski definition) is 9. The minimum atomic E-state index is -1.11. The van der Waals surface area contributed by atoms with Crippen molar-refractivity contribution < 1.29 is 43.3 Å². The van der Waals surface area contributed by atoms with E-state index in [2.05, 4.69) is 14.8 Å². The molecule has 9 nitrogen and oxygen atoms in total. The summed E-state index contributed by atoms with van der Waals surface area (Å²) >= 11 is 0. The first-order valence-electron chi connectivity index (χ1n) is 7.59. The SMILES string of the molecule is CCCCCOC(=O)OOOC(=O)c1cc(OC)c(OC)cc1OC. The van der Waals surface area contributed by atoms with Crippen LogP contribution in [-0.4, -0.2) is 40.1 Å². The third kappa shape index (κ3) is 6.38. The summed E-state index contributed by atoms with van der Waals surface area (Å²) in [5, 5.41) is 4.15. The van der Waals surface area contributed by atoms with Gasteiger partial charge in [-0.2, -0.15) is 0 Å². The Morgan fingerprint density at radius 1 is 0.880 bits per heavy atom. The van der Waals surface area contributed by atoms with Gasteiger partial charge in [0.2, 0.25) is 0 Å². The zero-order valence-electron chi connectivity index (χ0n) is 14.7. The fraction of sp³-hybridized carbons (Fsp3) is 0.500. The summed E-state index contributed by atoms with van der Waals surface area (Å²) in [6, 6.07) is 2.78. The summed E-state index contributed by atoms with van der Waals surface area (Å²) in [5.74, 6) is -0.153. The molecule has 0 heterocycles. The molecule has 0 aliphatic rings. The Morgan fingerprint density at radius 2 is 1.52 bits per heavy atom. The summed E-state index contributed by atoms with van der Waals surface area (Å²) in [7, 11) is 4.22. The lowest BCUT2D eigenvalue weighted by Crippen LogP contribution is -2.13. The Bertz CT molecular complexity index is 571. The fourth-order valence-electron chi connectivity index (χ4n) is 1.84. The molecule has 1 aromatic carbocycles. The van der Waals surface area contributed by atoms with Gasteiger partial charge in [-0.05, 0) is 6.42 Å². The number of ether oxygens (including phenoxy) is 4. The van der Waals surface area contributed by atoms with Crippen molar-refractivity contribution in [2.24, 2.45) is 0 Å². The van der Waals surface area contributed by atoms with Gasteiger partial charge >= 0.3 is 12.1 Å². The minimum Gasteiger partial charge on any atom is -0.496 e. The standard InChI is InChI=1S/C16H22O9/c1-5-6-7-8-22-16(18)24-25-23-15(17)11-9-13(20-3)14(21-4)10-12(11)19-2/h9-10H,5-8H2,1-4H3. The van der Waals surface area contributed by atoms with Crippen LogP contribution in [0.15, 0.2) is 12.1 Å². The van der Waals surface area contributed by atoms with Crippen LogP contribution in [0, 0.1) is 0 Å². The maximum Gasteiger partial charge on any atom is 0.543 e. The summed E-state index contributed by atoms with van der Waals surface area (Å²) in [6.45, 7) is 2.21. The van der Waals surface area contributed by atoms with Gasteiger partial charge in [0.25, 0.3) is 0 Å². The van der Waals surface area contributed by atoms with Crippen LogP contribution in [0.25, 0.3) is 0 Å². The number of carbonyl (C=O) groups excluding carboxylic acids is 2. The quantitative estimate of drug-likeness (QED) is 0.270. The third-order valence-electron chi connectivity index (χ3n) is 3.11. The summed E-state index contributed by atoms with van der Waals surface area (Å²) in [5.41, 5.74) is -0.0138. The number of carbonyl (C=O) groups is 2. The zero-order chi connectivity index (χ0) is 18.7. The predicted octanol–water partition coefficient (Wildman–Crippen LogP) is 3.06. The molecule has 1 aromatic rings. The largest absolute Gasteiger partial charge is 0.543 e. The van der Waals surface area contributed by atoms with Crippen molar-refractivity contribution in [2.45, 2.75) is 26.2 Å². The molecule has 0 fully saturated rings. The van der Waals surface area contributed by atoms with Crippen LogP contribution in [-0.2, 0) is 19.6 Å². The van der Waals surface area contributed by atoms with E-state index in [1.165, 1.54) is 33.5 Å². The van der Waals surface area contributed by atoms with E-state index < -0.39 is 12.1 Å². The number of benzene rings is 1. The van der Waals surface area contributed by atoms with Crippen LogP contribution in [0.1, 0.15) is 36.5 Å². The average molecular weight is 358 g/mol. The normalized spacial score (nSPS) is 9.92. The van der Waals surface area contributed by atoms with E-state index >= 15 is 0 Å². The van der Waals surface area contributed by atoms with Crippen molar-refractivity contribution in [3.8, 4) is 17.2 Å². The first-order valence-corrected chi connectivity index (χ1v) is 7.59. The molecule has 1 rings (SSSR count). The van der Waals surface area contributed by atoms with Crippen molar-refractivity contribution in [3.05, 3.63) is 17.7 Å². The molecule has 0 saturated heterocycles. The highest BCUT2D eigenvalue weighted by atomic mass is 17.5. The molecule has 0 saturated carbocycles. The van der Waals surface area contributed by atoms with Crippen LogP contribution >= 0.6 is 0 Å². The van der Waals surface area contributed by atoms with Crippen LogP contribution in [0.3, 0.4) is 0 Å². The van der Waals surface area contributed by atoms with Gasteiger partial charge in [-0.15, -0.1) is 0 Å². The first-order chi connectivity index (χ1) is 12.1. The highest BCUT2D eigenvalue weighted by molar-refractivity contribution is 5.93. The van der Waals surface area contributed by atoms with Crippen molar-refractivity contribution in [2.75, 3.05) is 27.9 Å². The molecule has 0 spiro atoms. The topological polar surface area (TPSA) is 98.8 Å². The molecule has 0 N–H and O–H groups in total. The van der Waals surface area contributed by atoms with Gasteiger partial charge in [0.1, 0.15) is 11.3 Å². The van der Waals surface area contributed by atoms with E-state index in [0.29, 0.717) is 12.2 Å². The number of methoxy groups -OCH3 is 3. The Kier molecular flexibility index (Phi) is 8.94. The van der Waals surface area contributed by atoms with Gasteiger partial charge < -0.3 is 18.9 Å². The molecule has 9 heteroatoms.